The average Bonchev–Trinajstić information content (AvgIpc) is 3.38. The summed E-state index contributed by atoms with van der Waals surface area (Å²) in [5, 5.41) is 6.27. The van der Waals surface area contributed by atoms with Gasteiger partial charge < -0.3 is 4.52 Å². The smallest absolute Gasteiger partial charge is 0.355 e. The van der Waals surface area contributed by atoms with Crippen LogP contribution in [0.5, 0.6) is 0 Å². The van der Waals surface area contributed by atoms with Gasteiger partial charge in [0.05, 0.1) is 5.56 Å². The van der Waals surface area contributed by atoms with Gasteiger partial charge in [0, 0.05) is 28.7 Å². The normalized spacial score (nSPS) is 11.5. The van der Waals surface area contributed by atoms with Crippen molar-refractivity contribution in [3.05, 3.63) is 71.4 Å². The molecule has 2 aromatic carbocycles. The number of nitrogens with one attached hydrogen (secondary N) is 1. The lowest BCUT2D eigenvalue weighted by Gasteiger charge is -2.09. The van der Waals surface area contributed by atoms with Crippen molar-refractivity contribution in [2.75, 3.05) is 5.32 Å². The van der Waals surface area contributed by atoms with E-state index in [1.807, 2.05) is 31.2 Å². The van der Waals surface area contributed by atoms with Gasteiger partial charge in [0.2, 0.25) is 5.13 Å². The van der Waals surface area contributed by atoms with Crippen LogP contribution in [-0.4, -0.2) is 20.4 Å². The van der Waals surface area contributed by atoms with Crippen LogP contribution in [0.3, 0.4) is 0 Å². The van der Waals surface area contributed by atoms with Crippen molar-refractivity contribution < 1.29 is 22.5 Å². The Morgan fingerprint density at radius 1 is 1.10 bits per heavy atom. The summed E-state index contributed by atoms with van der Waals surface area (Å²) in [6.07, 6.45) is -4.54. The predicted octanol–water partition coefficient (Wildman–Crippen LogP) is 5.44. The number of alkyl halides is 3. The number of carbonyl (C=O) groups excluding carboxylic acids is 1. The molecule has 4 rings (SSSR count). The van der Waals surface area contributed by atoms with Crippen LogP contribution < -0.4 is 5.32 Å². The molecular formula is C20H13F3N4O2S. The molecule has 1 amide bonds. The maximum Gasteiger partial charge on any atom is 0.417 e. The second-order valence-electron chi connectivity index (χ2n) is 6.36. The lowest BCUT2D eigenvalue weighted by atomic mass is 10.1. The Balaban J connectivity index is 1.53. The number of benzene rings is 2. The van der Waals surface area contributed by atoms with E-state index in [1.54, 1.807) is 0 Å². The van der Waals surface area contributed by atoms with E-state index in [-0.39, 0.29) is 22.2 Å². The van der Waals surface area contributed by atoms with E-state index in [9.17, 15) is 18.0 Å². The van der Waals surface area contributed by atoms with Gasteiger partial charge in [-0.05, 0) is 13.0 Å². The van der Waals surface area contributed by atoms with Gasteiger partial charge in [0.15, 0.2) is 17.3 Å². The second-order valence-corrected chi connectivity index (χ2v) is 7.11. The maximum absolute atomic E-state index is 13.2. The van der Waals surface area contributed by atoms with E-state index in [2.05, 4.69) is 19.8 Å². The first-order valence-electron chi connectivity index (χ1n) is 8.66. The maximum atomic E-state index is 13.2. The van der Waals surface area contributed by atoms with Crippen LogP contribution in [0.4, 0.5) is 18.3 Å². The summed E-state index contributed by atoms with van der Waals surface area (Å²) in [7, 11) is 0. The number of nitrogens with zero attached hydrogens (tertiary/aromatic N) is 3. The van der Waals surface area contributed by atoms with Crippen LogP contribution >= 0.6 is 11.5 Å². The minimum atomic E-state index is -4.54. The van der Waals surface area contributed by atoms with Gasteiger partial charge in [0.1, 0.15) is 0 Å². The van der Waals surface area contributed by atoms with Crippen LogP contribution in [0.25, 0.3) is 22.7 Å². The summed E-state index contributed by atoms with van der Waals surface area (Å²) in [6.45, 7) is 1.95. The third-order valence-electron chi connectivity index (χ3n) is 4.20. The predicted molar refractivity (Wildman–Crippen MR) is 105 cm³/mol. The van der Waals surface area contributed by atoms with Crippen LogP contribution in [0.1, 0.15) is 21.6 Å². The SMILES string of the molecule is Cc1ccc(-c2cc(C(=O)Nc3nc(-c4ccccc4C(F)(F)F)ns3)no2)cc1. The van der Waals surface area contributed by atoms with Gasteiger partial charge in [-0.25, -0.2) is 0 Å². The summed E-state index contributed by atoms with van der Waals surface area (Å²) in [5.41, 5.74) is 0.840. The van der Waals surface area contributed by atoms with Crippen molar-refractivity contribution in [1.29, 1.82) is 0 Å². The number of hydrogen-bond acceptors (Lipinski definition) is 6. The molecule has 0 unspecified atom stereocenters. The molecule has 0 aliphatic heterocycles. The molecule has 2 aromatic heterocycles. The summed E-state index contributed by atoms with van der Waals surface area (Å²) in [5.74, 6) is -0.315. The Hall–Kier alpha value is -3.53. The fourth-order valence-electron chi connectivity index (χ4n) is 2.71. The Morgan fingerprint density at radius 3 is 2.57 bits per heavy atom. The van der Waals surface area contributed by atoms with Crippen molar-refractivity contribution in [2.24, 2.45) is 0 Å². The number of anilines is 1. The molecule has 0 spiro atoms. The van der Waals surface area contributed by atoms with Crippen molar-refractivity contribution >= 4 is 22.6 Å². The summed E-state index contributed by atoms with van der Waals surface area (Å²) >= 11 is 0.773. The van der Waals surface area contributed by atoms with E-state index in [1.165, 1.54) is 24.3 Å². The van der Waals surface area contributed by atoms with E-state index >= 15 is 0 Å². The molecule has 10 heteroatoms. The van der Waals surface area contributed by atoms with Crippen molar-refractivity contribution in [1.82, 2.24) is 14.5 Å². The Bertz CT molecular complexity index is 1200. The number of aryl methyl sites for hydroxylation is 1. The Kier molecular flexibility index (Phi) is 5.08. The molecule has 4 aromatic rings. The van der Waals surface area contributed by atoms with Gasteiger partial charge in [0.25, 0.3) is 5.91 Å². The highest BCUT2D eigenvalue weighted by Crippen LogP contribution is 2.36. The van der Waals surface area contributed by atoms with Gasteiger partial charge in [-0.15, -0.1) is 0 Å². The topological polar surface area (TPSA) is 80.9 Å². The van der Waals surface area contributed by atoms with Crippen LogP contribution in [0.2, 0.25) is 0 Å². The largest absolute Gasteiger partial charge is 0.417 e. The Morgan fingerprint density at radius 2 is 1.83 bits per heavy atom. The lowest BCUT2D eigenvalue weighted by molar-refractivity contribution is -0.137. The van der Waals surface area contributed by atoms with E-state index in [0.717, 1.165) is 28.7 Å². The van der Waals surface area contributed by atoms with Crippen LogP contribution in [0, 0.1) is 6.92 Å². The minimum absolute atomic E-state index is 0.0121. The summed E-state index contributed by atoms with van der Waals surface area (Å²) in [6, 6.07) is 13.9. The van der Waals surface area contributed by atoms with E-state index in [4.69, 9.17) is 4.52 Å². The molecule has 1 N–H and O–H groups in total. The number of hydrogen-bond donors (Lipinski definition) is 1. The van der Waals surface area contributed by atoms with Gasteiger partial charge in [-0.2, -0.15) is 22.5 Å². The molecule has 0 radical (unpaired) electrons. The Labute approximate surface area is 172 Å². The first-order chi connectivity index (χ1) is 14.3. The number of aromatic nitrogens is 3. The molecule has 0 bridgehead atoms. The number of halogens is 3. The lowest BCUT2D eigenvalue weighted by Crippen LogP contribution is -2.12. The first kappa shape index (κ1) is 19.8. The third-order valence-corrected chi connectivity index (χ3v) is 4.83. The zero-order valence-electron chi connectivity index (χ0n) is 15.4. The number of carbonyl (C=O) groups is 1. The third kappa shape index (κ3) is 4.08. The van der Waals surface area contributed by atoms with E-state index < -0.39 is 17.6 Å². The fraction of sp³-hybridized carbons (Fsp3) is 0.100. The molecule has 6 nitrogen and oxygen atoms in total. The number of amides is 1. The molecular weight excluding hydrogens is 417 g/mol. The quantitative estimate of drug-likeness (QED) is 0.466. The molecule has 152 valence electrons. The number of rotatable bonds is 4. The van der Waals surface area contributed by atoms with Gasteiger partial charge in [-0.3, -0.25) is 10.1 Å². The highest BCUT2D eigenvalue weighted by Gasteiger charge is 2.34. The van der Waals surface area contributed by atoms with Gasteiger partial charge >= 0.3 is 6.18 Å². The highest BCUT2D eigenvalue weighted by atomic mass is 32.1. The zero-order chi connectivity index (χ0) is 21.3. The van der Waals surface area contributed by atoms with E-state index in [0.29, 0.717) is 5.76 Å². The molecule has 0 aliphatic rings. The monoisotopic (exact) mass is 430 g/mol. The molecule has 0 fully saturated rings. The molecule has 30 heavy (non-hydrogen) atoms. The summed E-state index contributed by atoms with van der Waals surface area (Å²) in [4.78, 5) is 16.4. The average molecular weight is 430 g/mol. The fourth-order valence-corrected chi connectivity index (χ4v) is 3.28. The van der Waals surface area contributed by atoms with Gasteiger partial charge in [-0.1, -0.05) is 53.2 Å². The standard InChI is InChI=1S/C20H13F3N4O2S/c1-11-6-8-12(9-7-11)16-10-15(26-29-16)18(28)25-19-24-17(27-30-19)13-4-2-3-5-14(13)20(21,22)23/h2-10H,1H3,(H,24,25,27,28). The first-order valence-corrected chi connectivity index (χ1v) is 9.44. The molecule has 2 heterocycles. The second kappa shape index (κ2) is 7.71. The summed E-state index contributed by atoms with van der Waals surface area (Å²) < 4.78 is 48.7. The van der Waals surface area contributed by atoms with Crippen molar-refractivity contribution in [3.8, 4) is 22.7 Å². The minimum Gasteiger partial charge on any atom is -0.355 e. The zero-order valence-corrected chi connectivity index (χ0v) is 16.2. The molecule has 0 atom stereocenters. The van der Waals surface area contributed by atoms with Crippen LogP contribution in [-0.2, 0) is 6.18 Å². The molecule has 0 aliphatic carbocycles. The molecule has 0 saturated carbocycles. The van der Waals surface area contributed by atoms with Crippen LogP contribution in [0.15, 0.2) is 59.1 Å². The highest BCUT2D eigenvalue weighted by molar-refractivity contribution is 7.10. The molecule has 0 saturated heterocycles. The van der Waals surface area contributed by atoms with Crippen molar-refractivity contribution in [2.45, 2.75) is 13.1 Å². The van der Waals surface area contributed by atoms with Crippen molar-refractivity contribution in [3.63, 3.8) is 0 Å².